The maximum Gasteiger partial charge on any atom is 0.126 e. The Hall–Kier alpha value is -2.75. The van der Waals surface area contributed by atoms with Crippen LogP contribution in [0.4, 0.5) is 0 Å². The molecular formula is C17H18O4. The fraction of sp³-hybridized carbons (Fsp3) is 0.118. The molecule has 0 amide bonds. The van der Waals surface area contributed by atoms with Crippen LogP contribution >= 0.6 is 0 Å². The summed E-state index contributed by atoms with van der Waals surface area (Å²) in [5.41, 5.74) is 1.63. The Balaban J connectivity index is 0.000000491. The average molecular weight is 286 g/mol. The summed E-state index contributed by atoms with van der Waals surface area (Å²) in [6, 6.07) is 11.1. The van der Waals surface area contributed by atoms with E-state index in [0.717, 1.165) is 5.56 Å². The molecule has 3 N–H and O–H groups in total. The third-order valence-corrected chi connectivity index (χ3v) is 2.29. The standard InChI is InChI=1S/C14H12O3.C3H6O/c15-12-5-3-10(4-6-12)1-2-11-7-13(16)9-14(17)8-11;1-3(2)4/h1-9,15-17H;1-2H3. The molecule has 0 aliphatic heterocycles. The molecule has 0 saturated heterocycles. The SMILES string of the molecule is CC(C)=O.Oc1ccc(C=Cc2cc(O)cc(O)c2)cc1. The van der Waals surface area contributed by atoms with E-state index in [4.69, 9.17) is 5.11 Å². The van der Waals surface area contributed by atoms with Crippen LogP contribution in [0, 0.1) is 0 Å². The number of hydrogen-bond donors (Lipinski definition) is 3. The Bertz CT molecular complexity index is 603. The second kappa shape index (κ2) is 7.75. The zero-order valence-electron chi connectivity index (χ0n) is 11.9. The van der Waals surface area contributed by atoms with E-state index in [-0.39, 0.29) is 23.0 Å². The van der Waals surface area contributed by atoms with Crippen LogP contribution < -0.4 is 0 Å². The van der Waals surface area contributed by atoms with Gasteiger partial charge < -0.3 is 20.1 Å². The Morgan fingerprint density at radius 3 is 1.67 bits per heavy atom. The van der Waals surface area contributed by atoms with E-state index in [9.17, 15) is 15.0 Å². The molecule has 0 bridgehead atoms. The molecule has 2 aromatic carbocycles. The second-order valence-corrected chi connectivity index (χ2v) is 4.62. The molecule has 0 unspecified atom stereocenters. The molecule has 2 rings (SSSR count). The van der Waals surface area contributed by atoms with E-state index >= 15 is 0 Å². The normalized spacial score (nSPS) is 10.0. The first kappa shape index (κ1) is 16.3. The van der Waals surface area contributed by atoms with E-state index in [2.05, 4.69) is 0 Å². The summed E-state index contributed by atoms with van der Waals surface area (Å²) in [5.74, 6) is 0.433. The van der Waals surface area contributed by atoms with Gasteiger partial charge in [-0.3, -0.25) is 0 Å². The van der Waals surface area contributed by atoms with Gasteiger partial charge in [0.25, 0.3) is 0 Å². The van der Waals surface area contributed by atoms with E-state index < -0.39 is 0 Å². The van der Waals surface area contributed by atoms with E-state index in [1.54, 1.807) is 42.5 Å². The van der Waals surface area contributed by atoms with Crippen molar-refractivity contribution in [3.8, 4) is 17.2 Å². The Labute approximate surface area is 123 Å². The van der Waals surface area contributed by atoms with Gasteiger partial charge in [-0.25, -0.2) is 0 Å². The van der Waals surface area contributed by atoms with Crippen LogP contribution in [0.15, 0.2) is 42.5 Å². The van der Waals surface area contributed by atoms with Gasteiger partial charge in [0, 0.05) is 6.07 Å². The molecule has 0 radical (unpaired) electrons. The second-order valence-electron chi connectivity index (χ2n) is 4.62. The summed E-state index contributed by atoms with van der Waals surface area (Å²) in [6.07, 6.45) is 3.60. The summed E-state index contributed by atoms with van der Waals surface area (Å²) >= 11 is 0. The van der Waals surface area contributed by atoms with Gasteiger partial charge in [0.2, 0.25) is 0 Å². The summed E-state index contributed by atoms with van der Waals surface area (Å²) in [4.78, 5) is 9.44. The molecule has 110 valence electrons. The van der Waals surface area contributed by atoms with Gasteiger partial charge in [-0.15, -0.1) is 0 Å². The van der Waals surface area contributed by atoms with Crippen LogP contribution in [0.2, 0.25) is 0 Å². The lowest BCUT2D eigenvalue weighted by Gasteiger charge is -1.98. The molecule has 0 aliphatic carbocycles. The molecule has 0 heterocycles. The van der Waals surface area contributed by atoms with Gasteiger partial charge in [-0.1, -0.05) is 24.3 Å². The summed E-state index contributed by atoms with van der Waals surface area (Å²) in [5, 5.41) is 27.7. The first-order valence-electron chi connectivity index (χ1n) is 6.34. The summed E-state index contributed by atoms with van der Waals surface area (Å²) < 4.78 is 0. The number of ketones is 1. The van der Waals surface area contributed by atoms with Crippen LogP contribution in [0.1, 0.15) is 25.0 Å². The number of Topliss-reactive ketones (excluding diaryl/α,β-unsaturated/α-hetero) is 1. The lowest BCUT2D eigenvalue weighted by atomic mass is 10.1. The van der Waals surface area contributed by atoms with Crippen molar-refractivity contribution >= 4 is 17.9 Å². The fourth-order valence-corrected chi connectivity index (χ4v) is 1.49. The molecular weight excluding hydrogens is 268 g/mol. The highest BCUT2D eigenvalue weighted by molar-refractivity contribution is 5.72. The van der Waals surface area contributed by atoms with Crippen molar-refractivity contribution in [3.05, 3.63) is 53.6 Å². The first-order chi connectivity index (χ1) is 9.86. The summed E-state index contributed by atoms with van der Waals surface area (Å²) in [7, 11) is 0. The molecule has 4 heteroatoms. The smallest absolute Gasteiger partial charge is 0.126 e. The van der Waals surface area contributed by atoms with Crippen molar-refractivity contribution in [3.63, 3.8) is 0 Å². The van der Waals surface area contributed by atoms with Gasteiger partial charge in [0.05, 0.1) is 0 Å². The van der Waals surface area contributed by atoms with E-state index in [1.165, 1.54) is 19.9 Å². The molecule has 4 nitrogen and oxygen atoms in total. The quantitative estimate of drug-likeness (QED) is 0.737. The zero-order valence-corrected chi connectivity index (χ0v) is 11.9. The number of carbonyl (C=O) groups is 1. The number of benzene rings is 2. The minimum atomic E-state index is 0.0235. The maximum atomic E-state index is 9.44. The number of aromatic hydroxyl groups is 3. The minimum absolute atomic E-state index is 0.0235. The van der Waals surface area contributed by atoms with Crippen molar-refractivity contribution in [1.29, 1.82) is 0 Å². The van der Waals surface area contributed by atoms with Crippen molar-refractivity contribution in [1.82, 2.24) is 0 Å². The molecule has 0 saturated carbocycles. The first-order valence-corrected chi connectivity index (χ1v) is 6.34. The fourth-order valence-electron chi connectivity index (χ4n) is 1.49. The monoisotopic (exact) mass is 286 g/mol. The molecule has 0 aromatic heterocycles. The average Bonchev–Trinajstić information content (AvgIpc) is 2.36. The summed E-state index contributed by atoms with van der Waals surface area (Å²) in [6.45, 7) is 3.06. The molecule has 0 atom stereocenters. The zero-order chi connectivity index (χ0) is 15.8. The van der Waals surface area contributed by atoms with Gasteiger partial charge >= 0.3 is 0 Å². The number of phenolic OH excluding ortho intramolecular Hbond substituents is 3. The van der Waals surface area contributed by atoms with Crippen LogP contribution in [-0.4, -0.2) is 21.1 Å². The van der Waals surface area contributed by atoms with E-state index in [1.807, 2.05) is 6.08 Å². The Morgan fingerprint density at radius 2 is 1.19 bits per heavy atom. The highest BCUT2D eigenvalue weighted by Crippen LogP contribution is 2.22. The highest BCUT2D eigenvalue weighted by Gasteiger charge is 1.95. The molecule has 2 aromatic rings. The highest BCUT2D eigenvalue weighted by atomic mass is 16.3. The van der Waals surface area contributed by atoms with Gasteiger partial charge in [0.15, 0.2) is 0 Å². The molecule has 0 spiro atoms. The van der Waals surface area contributed by atoms with Gasteiger partial charge in [-0.2, -0.15) is 0 Å². The lowest BCUT2D eigenvalue weighted by molar-refractivity contribution is -0.114. The van der Waals surface area contributed by atoms with Crippen LogP contribution in [0.5, 0.6) is 17.2 Å². The van der Waals surface area contributed by atoms with Crippen molar-refractivity contribution in [2.24, 2.45) is 0 Å². The topological polar surface area (TPSA) is 77.8 Å². The van der Waals surface area contributed by atoms with Gasteiger partial charge in [-0.05, 0) is 49.2 Å². The number of hydrogen-bond acceptors (Lipinski definition) is 4. The number of phenols is 3. The third kappa shape index (κ3) is 6.82. The van der Waals surface area contributed by atoms with Crippen molar-refractivity contribution < 1.29 is 20.1 Å². The third-order valence-electron chi connectivity index (χ3n) is 2.29. The Kier molecular flexibility index (Phi) is 6.01. The molecule has 0 aliphatic rings. The predicted molar refractivity (Wildman–Crippen MR) is 83.2 cm³/mol. The maximum absolute atomic E-state index is 9.44. The molecule has 21 heavy (non-hydrogen) atoms. The van der Waals surface area contributed by atoms with Gasteiger partial charge in [0.1, 0.15) is 23.0 Å². The van der Waals surface area contributed by atoms with Crippen LogP contribution in [0.3, 0.4) is 0 Å². The predicted octanol–water partition coefficient (Wildman–Crippen LogP) is 3.57. The largest absolute Gasteiger partial charge is 0.508 e. The van der Waals surface area contributed by atoms with Crippen LogP contribution in [0.25, 0.3) is 12.2 Å². The van der Waals surface area contributed by atoms with Crippen molar-refractivity contribution in [2.75, 3.05) is 0 Å². The minimum Gasteiger partial charge on any atom is -0.508 e. The lowest BCUT2D eigenvalue weighted by Crippen LogP contribution is -1.74. The Morgan fingerprint density at radius 1 is 0.762 bits per heavy atom. The molecule has 0 fully saturated rings. The van der Waals surface area contributed by atoms with Crippen molar-refractivity contribution in [2.45, 2.75) is 13.8 Å². The van der Waals surface area contributed by atoms with Crippen LogP contribution in [-0.2, 0) is 4.79 Å². The van der Waals surface area contributed by atoms with E-state index in [0.29, 0.717) is 5.56 Å². The number of rotatable bonds is 2. The number of carbonyl (C=O) groups excluding carboxylic acids is 1.